The molecule has 1 rings (SSSR count). The summed E-state index contributed by atoms with van der Waals surface area (Å²) in [5, 5.41) is 3.57. The van der Waals surface area contributed by atoms with E-state index in [0.29, 0.717) is 6.04 Å². The Kier molecular flexibility index (Phi) is 6.03. The van der Waals surface area contributed by atoms with Gasteiger partial charge in [-0.1, -0.05) is 19.8 Å². The van der Waals surface area contributed by atoms with Gasteiger partial charge in [0.05, 0.1) is 6.10 Å². The summed E-state index contributed by atoms with van der Waals surface area (Å²) < 4.78 is 5.69. The molecule has 0 amide bonds. The van der Waals surface area contributed by atoms with E-state index in [4.69, 9.17) is 4.74 Å². The number of unbranched alkanes of at least 4 members (excludes halogenated alkanes) is 1. The zero-order valence-electron chi connectivity index (χ0n) is 12.4. The molecule has 0 spiro atoms. The van der Waals surface area contributed by atoms with E-state index in [1.54, 1.807) is 0 Å². The zero-order valence-corrected chi connectivity index (χ0v) is 12.4. The fourth-order valence-corrected chi connectivity index (χ4v) is 1.99. The number of anilines is 1. The highest BCUT2D eigenvalue weighted by atomic mass is 16.5. The SMILES string of the molecule is CCCCC(C)Nc1ccc(OC(C)C)cc1C. The highest BCUT2D eigenvalue weighted by Crippen LogP contribution is 2.23. The Hall–Kier alpha value is -1.18. The predicted molar refractivity (Wildman–Crippen MR) is 79.6 cm³/mol. The van der Waals surface area contributed by atoms with Gasteiger partial charge in [-0.05, 0) is 57.9 Å². The normalized spacial score (nSPS) is 12.6. The Bertz CT molecular complexity index is 360. The molecule has 1 unspecified atom stereocenters. The van der Waals surface area contributed by atoms with Gasteiger partial charge in [-0.3, -0.25) is 0 Å². The monoisotopic (exact) mass is 249 g/mol. The van der Waals surface area contributed by atoms with E-state index in [0.717, 1.165) is 5.75 Å². The van der Waals surface area contributed by atoms with Gasteiger partial charge in [0.15, 0.2) is 0 Å². The lowest BCUT2D eigenvalue weighted by Crippen LogP contribution is -2.15. The minimum atomic E-state index is 0.228. The van der Waals surface area contributed by atoms with Gasteiger partial charge >= 0.3 is 0 Å². The Labute approximate surface area is 112 Å². The average molecular weight is 249 g/mol. The molecular weight excluding hydrogens is 222 g/mol. The van der Waals surface area contributed by atoms with Crippen molar-refractivity contribution in [2.75, 3.05) is 5.32 Å². The molecule has 18 heavy (non-hydrogen) atoms. The third kappa shape index (κ3) is 4.99. The highest BCUT2D eigenvalue weighted by Gasteiger charge is 2.05. The van der Waals surface area contributed by atoms with Gasteiger partial charge in [-0.2, -0.15) is 0 Å². The van der Waals surface area contributed by atoms with Crippen molar-refractivity contribution in [3.05, 3.63) is 23.8 Å². The first kappa shape index (κ1) is 14.9. The average Bonchev–Trinajstić information content (AvgIpc) is 2.29. The number of benzene rings is 1. The van der Waals surface area contributed by atoms with Crippen LogP contribution in [0.5, 0.6) is 5.75 Å². The van der Waals surface area contributed by atoms with Crippen molar-refractivity contribution < 1.29 is 4.74 Å². The second kappa shape index (κ2) is 7.30. The van der Waals surface area contributed by atoms with E-state index in [-0.39, 0.29) is 6.10 Å². The van der Waals surface area contributed by atoms with Gasteiger partial charge in [-0.25, -0.2) is 0 Å². The minimum absolute atomic E-state index is 0.228. The summed E-state index contributed by atoms with van der Waals surface area (Å²) in [5.41, 5.74) is 2.46. The summed E-state index contributed by atoms with van der Waals surface area (Å²) in [6.07, 6.45) is 3.99. The maximum atomic E-state index is 5.69. The molecule has 1 aromatic rings. The van der Waals surface area contributed by atoms with Gasteiger partial charge in [0.25, 0.3) is 0 Å². The molecule has 0 saturated heterocycles. The molecule has 0 fully saturated rings. The van der Waals surface area contributed by atoms with Crippen LogP contribution in [0.15, 0.2) is 18.2 Å². The van der Waals surface area contributed by atoms with Crippen LogP contribution in [0.2, 0.25) is 0 Å². The molecule has 0 aliphatic heterocycles. The van der Waals surface area contributed by atoms with E-state index in [9.17, 15) is 0 Å². The molecule has 2 nitrogen and oxygen atoms in total. The second-order valence-corrected chi connectivity index (χ2v) is 5.33. The smallest absolute Gasteiger partial charge is 0.120 e. The minimum Gasteiger partial charge on any atom is -0.491 e. The van der Waals surface area contributed by atoms with Gasteiger partial charge < -0.3 is 10.1 Å². The predicted octanol–water partition coefficient (Wildman–Crippen LogP) is 4.77. The second-order valence-electron chi connectivity index (χ2n) is 5.33. The summed E-state index contributed by atoms with van der Waals surface area (Å²) in [6.45, 7) is 10.7. The van der Waals surface area contributed by atoms with Crippen molar-refractivity contribution in [1.29, 1.82) is 0 Å². The van der Waals surface area contributed by atoms with Crippen LogP contribution in [-0.4, -0.2) is 12.1 Å². The van der Waals surface area contributed by atoms with Crippen LogP contribution in [0, 0.1) is 6.92 Å². The van der Waals surface area contributed by atoms with Crippen LogP contribution in [0.3, 0.4) is 0 Å². The molecule has 1 aromatic carbocycles. The van der Waals surface area contributed by atoms with Crippen LogP contribution < -0.4 is 10.1 Å². The topological polar surface area (TPSA) is 21.3 Å². The molecule has 0 aliphatic rings. The Morgan fingerprint density at radius 1 is 1.22 bits per heavy atom. The quantitative estimate of drug-likeness (QED) is 0.751. The lowest BCUT2D eigenvalue weighted by molar-refractivity contribution is 0.242. The molecule has 0 aliphatic carbocycles. The molecule has 0 radical (unpaired) electrons. The van der Waals surface area contributed by atoms with Crippen molar-refractivity contribution >= 4 is 5.69 Å². The first-order chi connectivity index (χ1) is 8.52. The Morgan fingerprint density at radius 2 is 1.94 bits per heavy atom. The van der Waals surface area contributed by atoms with Crippen molar-refractivity contribution in [3.63, 3.8) is 0 Å². The number of rotatable bonds is 7. The van der Waals surface area contributed by atoms with Crippen LogP contribution in [0.25, 0.3) is 0 Å². The third-order valence-corrected chi connectivity index (χ3v) is 2.96. The first-order valence-electron chi connectivity index (χ1n) is 7.06. The third-order valence-electron chi connectivity index (χ3n) is 2.96. The maximum absolute atomic E-state index is 5.69. The fraction of sp³-hybridized carbons (Fsp3) is 0.625. The Morgan fingerprint density at radius 3 is 2.50 bits per heavy atom. The fourth-order valence-electron chi connectivity index (χ4n) is 1.99. The summed E-state index contributed by atoms with van der Waals surface area (Å²) in [4.78, 5) is 0. The largest absolute Gasteiger partial charge is 0.491 e. The van der Waals surface area contributed by atoms with Crippen molar-refractivity contribution in [2.45, 2.75) is 66.0 Å². The van der Waals surface area contributed by atoms with E-state index >= 15 is 0 Å². The molecular formula is C16H27NO. The number of nitrogens with one attached hydrogen (secondary N) is 1. The zero-order chi connectivity index (χ0) is 13.5. The van der Waals surface area contributed by atoms with Gasteiger partial charge in [0.1, 0.15) is 5.75 Å². The molecule has 102 valence electrons. The molecule has 0 heterocycles. The maximum Gasteiger partial charge on any atom is 0.120 e. The van der Waals surface area contributed by atoms with Crippen molar-refractivity contribution in [2.24, 2.45) is 0 Å². The van der Waals surface area contributed by atoms with Gasteiger partial charge in [0, 0.05) is 11.7 Å². The van der Waals surface area contributed by atoms with Crippen LogP contribution >= 0.6 is 0 Å². The molecule has 0 saturated carbocycles. The van der Waals surface area contributed by atoms with Crippen LogP contribution in [0.1, 0.15) is 52.5 Å². The Balaban J connectivity index is 2.61. The number of hydrogen-bond donors (Lipinski definition) is 1. The lowest BCUT2D eigenvalue weighted by atomic mass is 10.1. The van der Waals surface area contributed by atoms with E-state index < -0.39 is 0 Å². The highest BCUT2D eigenvalue weighted by molar-refractivity contribution is 5.54. The molecule has 2 heteroatoms. The van der Waals surface area contributed by atoms with Crippen molar-refractivity contribution in [3.8, 4) is 5.75 Å². The van der Waals surface area contributed by atoms with E-state index in [1.165, 1.54) is 30.5 Å². The molecule has 0 aromatic heterocycles. The summed E-state index contributed by atoms with van der Waals surface area (Å²) in [7, 11) is 0. The molecule has 0 bridgehead atoms. The van der Waals surface area contributed by atoms with E-state index in [2.05, 4.69) is 38.2 Å². The molecule has 1 N–H and O–H groups in total. The summed E-state index contributed by atoms with van der Waals surface area (Å²) in [6, 6.07) is 6.80. The summed E-state index contributed by atoms with van der Waals surface area (Å²) >= 11 is 0. The van der Waals surface area contributed by atoms with E-state index in [1.807, 2.05) is 19.9 Å². The van der Waals surface area contributed by atoms with Crippen LogP contribution in [0.4, 0.5) is 5.69 Å². The van der Waals surface area contributed by atoms with Gasteiger partial charge in [0.2, 0.25) is 0 Å². The van der Waals surface area contributed by atoms with Crippen molar-refractivity contribution in [1.82, 2.24) is 0 Å². The summed E-state index contributed by atoms with van der Waals surface area (Å²) in [5.74, 6) is 0.953. The molecule has 1 atom stereocenters. The number of hydrogen-bond acceptors (Lipinski definition) is 2. The lowest BCUT2D eigenvalue weighted by Gasteiger charge is -2.18. The number of ether oxygens (including phenoxy) is 1. The standard InChI is InChI=1S/C16H27NO/c1-6-7-8-14(5)17-16-10-9-15(11-13(16)4)18-12(2)3/h9-12,14,17H,6-8H2,1-5H3. The first-order valence-corrected chi connectivity index (χ1v) is 7.06. The van der Waals surface area contributed by atoms with Crippen LogP contribution in [-0.2, 0) is 0 Å². The van der Waals surface area contributed by atoms with Gasteiger partial charge in [-0.15, -0.1) is 0 Å². The number of aryl methyl sites for hydroxylation is 1.